The van der Waals surface area contributed by atoms with Crippen molar-refractivity contribution in [1.29, 1.82) is 0 Å². The Bertz CT molecular complexity index is 512. The van der Waals surface area contributed by atoms with Crippen LogP contribution in [-0.2, 0) is 10.0 Å². The summed E-state index contributed by atoms with van der Waals surface area (Å²) in [5, 5.41) is 8.56. The second kappa shape index (κ2) is 5.54. The number of aliphatic hydroxyl groups is 1. The number of sulfonamides is 1. The maximum absolute atomic E-state index is 11.0. The highest BCUT2D eigenvalue weighted by molar-refractivity contribution is 7.92. The maximum Gasteiger partial charge on any atom is 0.229 e. The average Bonchev–Trinajstić information content (AvgIpc) is 2.16. The SMILES string of the molecule is CS(=O)(=O)Nc1cccc(C#CCCO)c1. The first-order valence-electron chi connectivity index (χ1n) is 4.69. The fourth-order valence-electron chi connectivity index (χ4n) is 1.09. The number of nitrogens with one attached hydrogen (secondary N) is 1. The first-order valence-corrected chi connectivity index (χ1v) is 6.58. The molecule has 0 atom stereocenters. The van der Waals surface area contributed by atoms with Gasteiger partial charge in [-0.15, -0.1) is 0 Å². The van der Waals surface area contributed by atoms with Gasteiger partial charge in [-0.3, -0.25) is 4.72 Å². The maximum atomic E-state index is 11.0. The molecule has 4 nitrogen and oxygen atoms in total. The molecule has 2 N–H and O–H groups in total. The quantitative estimate of drug-likeness (QED) is 0.766. The van der Waals surface area contributed by atoms with E-state index < -0.39 is 10.0 Å². The molecule has 0 radical (unpaired) electrons. The fraction of sp³-hybridized carbons (Fsp3) is 0.273. The highest BCUT2D eigenvalue weighted by Gasteiger charge is 2.00. The Morgan fingerprint density at radius 1 is 1.44 bits per heavy atom. The lowest BCUT2D eigenvalue weighted by Crippen LogP contribution is -2.09. The van der Waals surface area contributed by atoms with Gasteiger partial charge in [0.15, 0.2) is 0 Å². The summed E-state index contributed by atoms with van der Waals surface area (Å²) in [5.74, 6) is 5.59. The van der Waals surface area contributed by atoms with Gasteiger partial charge in [0.1, 0.15) is 0 Å². The van der Waals surface area contributed by atoms with Gasteiger partial charge in [-0.25, -0.2) is 8.42 Å². The zero-order chi connectivity index (χ0) is 12.0. The van der Waals surface area contributed by atoms with Gasteiger partial charge in [0, 0.05) is 17.7 Å². The minimum Gasteiger partial charge on any atom is -0.395 e. The van der Waals surface area contributed by atoms with Crippen molar-refractivity contribution in [2.24, 2.45) is 0 Å². The van der Waals surface area contributed by atoms with Crippen LogP contribution >= 0.6 is 0 Å². The van der Waals surface area contributed by atoms with E-state index in [1.807, 2.05) is 0 Å². The molecule has 0 aromatic heterocycles. The Morgan fingerprint density at radius 3 is 2.81 bits per heavy atom. The van der Waals surface area contributed by atoms with Crippen molar-refractivity contribution in [2.45, 2.75) is 6.42 Å². The smallest absolute Gasteiger partial charge is 0.229 e. The van der Waals surface area contributed by atoms with Crippen LogP contribution in [0.3, 0.4) is 0 Å². The van der Waals surface area contributed by atoms with Crippen molar-refractivity contribution < 1.29 is 13.5 Å². The van der Waals surface area contributed by atoms with Crippen LogP contribution in [0.5, 0.6) is 0 Å². The summed E-state index contributed by atoms with van der Waals surface area (Å²) in [7, 11) is -3.26. The summed E-state index contributed by atoms with van der Waals surface area (Å²) in [4.78, 5) is 0. The molecule has 0 saturated heterocycles. The second-order valence-electron chi connectivity index (χ2n) is 3.23. The minimum atomic E-state index is -3.26. The predicted octanol–water partition coefficient (Wildman–Crippen LogP) is 0.792. The standard InChI is InChI=1S/C11H13NO3S/c1-16(14,15)12-11-7-4-6-10(9-11)5-2-3-8-13/h4,6-7,9,12-13H,3,8H2,1H3. The van der Waals surface area contributed by atoms with Crippen LogP contribution < -0.4 is 4.72 Å². The zero-order valence-electron chi connectivity index (χ0n) is 8.90. The number of hydrogen-bond acceptors (Lipinski definition) is 3. The van der Waals surface area contributed by atoms with Gasteiger partial charge >= 0.3 is 0 Å². The van der Waals surface area contributed by atoms with Crippen LogP contribution in [0.15, 0.2) is 24.3 Å². The molecule has 0 aliphatic rings. The predicted molar refractivity (Wildman–Crippen MR) is 63.5 cm³/mol. The van der Waals surface area contributed by atoms with Gasteiger partial charge < -0.3 is 5.11 Å². The van der Waals surface area contributed by atoms with Crippen molar-refractivity contribution in [2.75, 3.05) is 17.6 Å². The Kier molecular flexibility index (Phi) is 4.35. The van der Waals surface area contributed by atoms with Crippen LogP contribution in [0.25, 0.3) is 0 Å². The molecule has 0 fully saturated rings. The number of anilines is 1. The zero-order valence-corrected chi connectivity index (χ0v) is 9.71. The summed E-state index contributed by atoms with van der Waals surface area (Å²) in [6, 6.07) is 6.79. The Morgan fingerprint density at radius 2 is 2.19 bits per heavy atom. The van der Waals surface area contributed by atoms with Crippen molar-refractivity contribution in [1.82, 2.24) is 0 Å². The molecule has 0 heterocycles. The molecule has 1 aromatic carbocycles. The van der Waals surface area contributed by atoms with Crippen molar-refractivity contribution >= 4 is 15.7 Å². The van der Waals surface area contributed by atoms with Gasteiger partial charge in [-0.2, -0.15) is 0 Å². The number of rotatable bonds is 3. The molecule has 0 unspecified atom stereocenters. The van der Waals surface area contributed by atoms with E-state index in [0.717, 1.165) is 6.26 Å². The fourth-order valence-corrected chi connectivity index (χ4v) is 1.65. The lowest BCUT2D eigenvalue weighted by Gasteiger charge is -2.03. The largest absolute Gasteiger partial charge is 0.395 e. The van der Waals surface area contributed by atoms with E-state index in [1.165, 1.54) is 0 Å². The van der Waals surface area contributed by atoms with Crippen LogP contribution in [0.1, 0.15) is 12.0 Å². The van der Waals surface area contributed by atoms with E-state index in [0.29, 0.717) is 17.7 Å². The molecule has 1 aromatic rings. The summed E-state index contributed by atoms with van der Waals surface area (Å²) in [6.45, 7) is 0.0221. The Hall–Kier alpha value is -1.51. The van der Waals surface area contributed by atoms with Gasteiger partial charge in [-0.05, 0) is 18.2 Å². The molecule has 0 aliphatic carbocycles. The molecule has 86 valence electrons. The lowest BCUT2D eigenvalue weighted by atomic mass is 10.2. The third kappa shape index (κ3) is 4.82. The molecule has 16 heavy (non-hydrogen) atoms. The van der Waals surface area contributed by atoms with Crippen LogP contribution in [0.4, 0.5) is 5.69 Å². The third-order valence-electron chi connectivity index (χ3n) is 1.64. The first-order chi connectivity index (χ1) is 7.51. The molecule has 0 amide bonds. The van der Waals surface area contributed by atoms with E-state index in [-0.39, 0.29) is 6.61 Å². The van der Waals surface area contributed by atoms with E-state index in [4.69, 9.17) is 5.11 Å². The summed E-state index contributed by atoms with van der Waals surface area (Å²) in [6.07, 6.45) is 1.50. The van der Waals surface area contributed by atoms with Crippen LogP contribution in [-0.4, -0.2) is 26.4 Å². The van der Waals surface area contributed by atoms with E-state index in [2.05, 4.69) is 16.6 Å². The van der Waals surface area contributed by atoms with Crippen LogP contribution in [0, 0.1) is 11.8 Å². The molecule has 5 heteroatoms. The van der Waals surface area contributed by atoms with Gasteiger partial charge in [0.2, 0.25) is 10.0 Å². The van der Waals surface area contributed by atoms with E-state index in [1.54, 1.807) is 24.3 Å². The minimum absolute atomic E-state index is 0.0221. The highest BCUT2D eigenvalue weighted by Crippen LogP contribution is 2.10. The average molecular weight is 239 g/mol. The first kappa shape index (κ1) is 12.6. The summed E-state index contributed by atoms with van der Waals surface area (Å²) < 4.78 is 24.4. The summed E-state index contributed by atoms with van der Waals surface area (Å²) in [5.41, 5.74) is 1.19. The summed E-state index contributed by atoms with van der Waals surface area (Å²) >= 11 is 0. The third-order valence-corrected chi connectivity index (χ3v) is 2.24. The monoisotopic (exact) mass is 239 g/mol. The number of aliphatic hydroxyl groups excluding tert-OH is 1. The molecule has 0 bridgehead atoms. The Labute approximate surface area is 95.4 Å². The topological polar surface area (TPSA) is 66.4 Å². The van der Waals surface area contributed by atoms with Gasteiger partial charge in [-0.1, -0.05) is 17.9 Å². The van der Waals surface area contributed by atoms with Gasteiger partial charge in [0.25, 0.3) is 0 Å². The molecule has 1 rings (SSSR count). The molecular weight excluding hydrogens is 226 g/mol. The second-order valence-corrected chi connectivity index (χ2v) is 4.98. The van der Waals surface area contributed by atoms with Crippen molar-refractivity contribution in [3.63, 3.8) is 0 Å². The number of benzene rings is 1. The lowest BCUT2D eigenvalue weighted by molar-refractivity contribution is 0.305. The van der Waals surface area contributed by atoms with Crippen molar-refractivity contribution in [3.8, 4) is 11.8 Å². The molecule has 0 saturated carbocycles. The van der Waals surface area contributed by atoms with E-state index in [9.17, 15) is 8.42 Å². The molecular formula is C11H13NO3S. The van der Waals surface area contributed by atoms with E-state index >= 15 is 0 Å². The Balaban J connectivity index is 2.84. The number of hydrogen-bond donors (Lipinski definition) is 2. The van der Waals surface area contributed by atoms with Crippen molar-refractivity contribution in [3.05, 3.63) is 29.8 Å². The normalized spacial score (nSPS) is 10.4. The van der Waals surface area contributed by atoms with Gasteiger partial charge in [0.05, 0.1) is 12.9 Å². The van der Waals surface area contributed by atoms with Crippen LogP contribution in [0.2, 0.25) is 0 Å². The highest BCUT2D eigenvalue weighted by atomic mass is 32.2. The molecule has 0 aliphatic heterocycles. The molecule has 0 spiro atoms.